The summed E-state index contributed by atoms with van der Waals surface area (Å²) in [6, 6.07) is 13.2. The van der Waals surface area contributed by atoms with E-state index in [2.05, 4.69) is 41.5 Å². The number of nitrogens with one attached hydrogen (secondary N) is 2. The van der Waals surface area contributed by atoms with Gasteiger partial charge in [0.1, 0.15) is 11.9 Å². The molecule has 3 aromatic rings. The maximum atomic E-state index is 12.6. The first-order valence-corrected chi connectivity index (χ1v) is 11.6. The number of morpholine rings is 1. The maximum absolute atomic E-state index is 12.6. The molecular weight excluding hydrogens is 444 g/mol. The van der Waals surface area contributed by atoms with Crippen molar-refractivity contribution in [2.24, 2.45) is 0 Å². The Labute approximate surface area is 203 Å². The van der Waals surface area contributed by atoms with Crippen LogP contribution < -0.4 is 20.4 Å². The van der Waals surface area contributed by atoms with Crippen molar-refractivity contribution in [2.75, 3.05) is 61.0 Å². The van der Waals surface area contributed by atoms with E-state index < -0.39 is 0 Å². The van der Waals surface area contributed by atoms with E-state index in [-0.39, 0.29) is 12.0 Å². The Morgan fingerprint density at radius 2 is 1.74 bits per heavy atom. The molecule has 10 heteroatoms. The first kappa shape index (κ1) is 22.7. The highest BCUT2D eigenvalue weighted by Gasteiger charge is 2.20. The summed E-state index contributed by atoms with van der Waals surface area (Å²) in [5.41, 5.74) is 2.71. The molecule has 1 aromatic carbocycles. The van der Waals surface area contributed by atoms with Crippen LogP contribution in [0.3, 0.4) is 0 Å². The average molecular weight is 471 g/mol. The van der Waals surface area contributed by atoms with Gasteiger partial charge in [0, 0.05) is 51.0 Å². The molecule has 0 bridgehead atoms. The number of benzene rings is 1. The molecule has 10 nitrogen and oxygen atoms in total. The van der Waals surface area contributed by atoms with Gasteiger partial charge in [-0.15, -0.1) is 0 Å². The predicted molar refractivity (Wildman–Crippen MR) is 131 cm³/mol. The molecule has 2 aromatic heterocycles. The van der Waals surface area contributed by atoms with Crippen LogP contribution in [0.2, 0.25) is 0 Å². The van der Waals surface area contributed by atoms with E-state index in [0.717, 1.165) is 50.6 Å². The molecule has 0 aliphatic carbocycles. The van der Waals surface area contributed by atoms with Gasteiger partial charge in [-0.05, 0) is 29.8 Å². The molecule has 2 N–H and O–H groups in total. The molecule has 4 heterocycles. The van der Waals surface area contributed by atoms with Gasteiger partial charge in [-0.25, -0.2) is 15.0 Å². The molecule has 5 rings (SSSR count). The number of aromatic nitrogens is 3. The first-order valence-electron chi connectivity index (χ1n) is 11.6. The number of piperazine rings is 1. The van der Waals surface area contributed by atoms with Crippen molar-refractivity contribution in [3.8, 4) is 6.07 Å². The zero-order chi connectivity index (χ0) is 24.0. The van der Waals surface area contributed by atoms with Crippen LogP contribution in [0, 0.1) is 11.3 Å². The fourth-order valence-electron chi connectivity index (χ4n) is 4.16. The molecule has 178 valence electrons. The van der Waals surface area contributed by atoms with Gasteiger partial charge in [-0.2, -0.15) is 5.26 Å². The van der Waals surface area contributed by atoms with Crippen LogP contribution in [0.25, 0.3) is 0 Å². The summed E-state index contributed by atoms with van der Waals surface area (Å²) in [4.78, 5) is 30.2. The number of rotatable bonds is 5. The van der Waals surface area contributed by atoms with Crippen LogP contribution in [0.4, 0.5) is 17.5 Å². The van der Waals surface area contributed by atoms with Crippen LogP contribution >= 0.6 is 0 Å². The SMILES string of the molecule is N#Cc1ccc(N2CCN(c3ncc(NC(=O)c4ccc(C5CNCCO5)cc4)cn3)CC2)nc1. The summed E-state index contributed by atoms with van der Waals surface area (Å²) < 4.78 is 5.76. The Hall–Kier alpha value is -4.07. The largest absolute Gasteiger partial charge is 0.371 e. The number of ether oxygens (including phenoxy) is 1. The second-order valence-corrected chi connectivity index (χ2v) is 8.40. The number of carbonyl (C=O) groups is 1. The Bertz CT molecular complexity index is 1180. The standard InChI is InChI=1S/C25H26N8O2/c26-13-18-1-6-23(28-14-18)32-8-10-33(11-9-32)25-29-15-21(16-30-25)31-24(34)20-4-2-19(3-5-20)22-17-27-7-12-35-22/h1-6,14-16,22,27H,7-12,17H2,(H,31,34). The average Bonchev–Trinajstić information content (AvgIpc) is 2.94. The Kier molecular flexibility index (Phi) is 6.79. The first-order chi connectivity index (χ1) is 17.2. The van der Waals surface area contributed by atoms with Crippen molar-refractivity contribution in [2.45, 2.75) is 6.10 Å². The lowest BCUT2D eigenvalue weighted by atomic mass is 10.1. The molecular formula is C25H26N8O2. The molecule has 2 saturated heterocycles. The summed E-state index contributed by atoms with van der Waals surface area (Å²) in [5, 5.41) is 15.1. The summed E-state index contributed by atoms with van der Waals surface area (Å²) in [5.74, 6) is 1.28. The Morgan fingerprint density at radius 1 is 1.00 bits per heavy atom. The van der Waals surface area contributed by atoms with E-state index >= 15 is 0 Å². The van der Waals surface area contributed by atoms with Crippen molar-refractivity contribution in [1.29, 1.82) is 5.26 Å². The van der Waals surface area contributed by atoms with Gasteiger partial charge in [-0.3, -0.25) is 4.79 Å². The lowest BCUT2D eigenvalue weighted by Gasteiger charge is -2.35. The summed E-state index contributed by atoms with van der Waals surface area (Å²) in [6.45, 7) is 5.38. The van der Waals surface area contributed by atoms with E-state index in [9.17, 15) is 4.79 Å². The Morgan fingerprint density at radius 3 is 2.37 bits per heavy atom. The second kappa shape index (κ2) is 10.5. The molecule has 2 aliphatic rings. The van der Waals surface area contributed by atoms with Crippen LogP contribution in [0.1, 0.15) is 27.6 Å². The number of anilines is 3. The monoisotopic (exact) mass is 470 g/mol. The van der Waals surface area contributed by atoms with E-state index in [1.807, 2.05) is 18.2 Å². The van der Waals surface area contributed by atoms with Gasteiger partial charge < -0.3 is 25.2 Å². The summed E-state index contributed by atoms with van der Waals surface area (Å²) in [6.07, 6.45) is 4.87. The fraction of sp³-hybridized carbons (Fsp3) is 0.320. The maximum Gasteiger partial charge on any atom is 0.255 e. The number of pyridine rings is 1. The quantitative estimate of drug-likeness (QED) is 0.577. The Balaban J connectivity index is 1.14. The molecule has 0 spiro atoms. The third-order valence-corrected chi connectivity index (χ3v) is 6.13. The predicted octanol–water partition coefficient (Wildman–Crippen LogP) is 1.98. The normalized spacial score (nSPS) is 18.1. The van der Waals surface area contributed by atoms with Gasteiger partial charge in [0.15, 0.2) is 0 Å². The van der Waals surface area contributed by atoms with E-state index in [1.54, 1.807) is 36.8 Å². The third kappa shape index (κ3) is 5.37. The second-order valence-electron chi connectivity index (χ2n) is 8.40. The number of carbonyl (C=O) groups excluding carboxylic acids is 1. The van der Waals surface area contributed by atoms with Gasteiger partial charge in [0.25, 0.3) is 5.91 Å². The van der Waals surface area contributed by atoms with Crippen molar-refractivity contribution >= 4 is 23.4 Å². The van der Waals surface area contributed by atoms with E-state index in [0.29, 0.717) is 29.4 Å². The minimum Gasteiger partial charge on any atom is -0.371 e. The summed E-state index contributed by atoms with van der Waals surface area (Å²) in [7, 11) is 0. The minimum atomic E-state index is -0.209. The van der Waals surface area contributed by atoms with Crippen molar-refractivity contribution in [1.82, 2.24) is 20.3 Å². The number of nitriles is 1. The van der Waals surface area contributed by atoms with Gasteiger partial charge in [0.2, 0.25) is 5.95 Å². The zero-order valence-electron chi connectivity index (χ0n) is 19.2. The van der Waals surface area contributed by atoms with Crippen molar-refractivity contribution in [3.63, 3.8) is 0 Å². The van der Waals surface area contributed by atoms with Crippen LogP contribution in [0.15, 0.2) is 55.0 Å². The lowest BCUT2D eigenvalue weighted by molar-refractivity contribution is 0.0277. The number of nitrogens with zero attached hydrogens (tertiary/aromatic N) is 6. The fourth-order valence-corrected chi connectivity index (χ4v) is 4.16. The molecule has 0 radical (unpaired) electrons. The molecule has 2 aliphatic heterocycles. The smallest absolute Gasteiger partial charge is 0.255 e. The highest BCUT2D eigenvalue weighted by Crippen LogP contribution is 2.20. The number of hydrogen-bond donors (Lipinski definition) is 2. The highest BCUT2D eigenvalue weighted by molar-refractivity contribution is 6.04. The third-order valence-electron chi connectivity index (χ3n) is 6.13. The summed E-state index contributed by atoms with van der Waals surface area (Å²) >= 11 is 0. The number of amides is 1. The molecule has 35 heavy (non-hydrogen) atoms. The van der Waals surface area contributed by atoms with E-state index in [1.165, 1.54) is 0 Å². The minimum absolute atomic E-state index is 0.0176. The van der Waals surface area contributed by atoms with Crippen molar-refractivity contribution < 1.29 is 9.53 Å². The number of hydrogen-bond acceptors (Lipinski definition) is 9. The zero-order valence-corrected chi connectivity index (χ0v) is 19.2. The van der Waals surface area contributed by atoms with Crippen molar-refractivity contribution in [3.05, 3.63) is 71.7 Å². The molecule has 1 atom stereocenters. The van der Waals surface area contributed by atoms with Crippen LogP contribution in [-0.4, -0.2) is 66.7 Å². The molecule has 1 unspecified atom stereocenters. The molecule has 0 saturated carbocycles. The van der Waals surface area contributed by atoms with Crippen LogP contribution in [0.5, 0.6) is 0 Å². The molecule has 2 fully saturated rings. The molecule has 1 amide bonds. The van der Waals surface area contributed by atoms with Gasteiger partial charge in [0.05, 0.1) is 36.4 Å². The van der Waals surface area contributed by atoms with Gasteiger partial charge >= 0.3 is 0 Å². The van der Waals surface area contributed by atoms with E-state index in [4.69, 9.17) is 10.00 Å². The topological polar surface area (TPSA) is 119 Å². The highest BCUT2D eigenvalue weighted by atomic mass is 16.5. The van der Waals surface area contributed by atoms with Crippen LogP contribution in [-0.2, 0) is 4.74 Å². The lowest BCUT2D eigenvalue weighted by Crippen LogP contribution is -2.47. The van der Waals surface area contributed by atoms with Gasteiger partial charge in [-0.1, -0.05) is 12.1 Å².